The highest BCUT2D eigenvalue weighted by molar-refractivity contribution is 6.35. The van der Waals surface area contributed by atoms with E-state index in [0.717, 1.165) is 6.42 Å². The third-order valence-electron chi connectivity index (χ3n) is 2.86. The number of nitrogens with two attached hydrogens (primary N) is 1. The molecule has 0 radical (unpaired) electrons. The van der Waals surface area contributed by atoms with Gasteiger partial charge in [-0.1, -0.05) is 30.7 Å². The van der Waals surface area contributed by atoms with Crippen LogP contribution in [-0.2, 0) is 0 Å². The lowest BCUT2D eigenvalue weighted by molar-refractivity contribution is 0.103. The molecule has 0 heterocycles. The molecule has 0 spiro atoms. The standard InChI is InChI=1S/C16H16ClNO2/c1-2-9-20-11-7-8-12(14(17)10-11)16(19)13-5-3-4-6-15(13)18/h3-8,10H,2,9,18H2,1H3. The highest BCUT2D eigenvalue weighted by Gasteiger charge is 2.15. The Morgan fingerprint density at radius 3 is 2.60 bits per heavy atom. The summed E-state index contributed by atoms with van der Waals surface area (Å²) < 4.78 is 5.48. The summed E-state index contributed by atoms with van der Waals surface area (Å²) in [5, 5.41) is 0.367. The second-order valence-corrected chi connectivity index (χ2v) is 4.81. The van der Waals surface area contributed by atoms with Crippen molar-refractivity contribution < 1.29 is 9.53 Å². The van der Waals surface area contributed by atoms with E-state index in [0.29, 0.717) is 34.2 Å². The van der Waals surface area contributed by atoms with E-state index in [2.05, 4.69) is 0 Å². The van der Waals surface area contributed by atoms with Gasteiger partial charge >= 0.3 is 0 Å². The van der Waals surface area contributed by atoms with E-state index in [4.69, 9.17) is 22.1 Å². The van der Waals surface area contributed by atoms with Crippen molar-refractivity contribution in [1.82, 2.24) is 0 Å². The van der Waals surface area contributed by atoms with Crippen molar-refractivity contribution >= 4 is 23.1 Å². The maximum absolute atomic E-state index is 12.4. The molecular weight excluding hydrogens is 274 g/mol. The van der Waals surface area contributed by atoms with E-state index in [1.165, 1.54) is 0 Å². The largest absolute Gasteiger partial charge is 0.494 e. The molecule has 0 saturated carbocycles. The van der Waals surface area contributed by atoms with E-state index in [9.17, 15) is 4.79 Å². The summed E-state index contributed by atoms with van der Waals surface area (Å²) >= 11 is 6.16. The summed E-state index contributed by atoms with van der Waals surface area (Å²) in [7, 11) is 0. The van der Waals surface area contributed by atoms with Crippen molar-refractivity contribution in [3.63, 3.8) is 0 Å². The molecule has 2 rings (SSSR count). The molecule has 0 aliphatic carbocycles. The molecule has 2 aromatic carbocycles. The van der Waals surface area contributed by atoms with Crippen LogP contribution in [0.5, 0.6) is 5.75 Å². The number of carbonyl (C=O) groups is 1. The second-order valence-electron chi connectivity index (χ2n) is 4.41. The van der Waals surface area contributed by atoms with Crippen LogP contribution < -0.4 is 10.5 Å². The monoisotopic (exact) mass is 289 g/mol. The smallest absolute Gasteiger partial charge is 0.196 e. The number of ketones is 1. The van der Waals surface area contributed by atoms with Crippen molar-refractivity contribution in [2.45, 2.75) is 13.3 Å². The van der Waals surface area contributed by atoms with E-state index < -0.39 is 0 Å². The first-order valence-electron chi connectivity index (χ1n) is 6.45. The van der Waals surface area contributed by atoms with Crippen LogP contribution in [0.1, 0.15) is 29.3 Å². The van der Waals surface area contributed by atoms with Crippen molar-refractivity contribution in [3.05, 3.63) is 58.6 Å². The Bertz CT molecular complexity index is 626. The van der Waals surface area contributed by atoms with Crippen LogP contribution in [0.3, 0.4) is 0 Å². The molecule has 2 aromatic rings. The lowest BCUT2D eigenvalue weighted by Gasteiger charge is -2.09. The van der Waals surface area contributed by atoms with Gasteiger partial charge in [-0.05, 0) is 36.8 Å². The van der Waals surface area contributed by atoms with Crippen LogP contribution in [0.2, 0.25) is 5.02 Å². The number of halogens is 1. The summed E-state index contributed by atoms with van der Waals surface area (Å²) in [6, 6.07) is 12.0. The molecule has 0 aliphatic heterocycles. The fourth-order valence-electron chi connectivity index (χ4n) is 1.84. The molecule has 0 aliphatic rings. The highest BCUT2D eigenvalue weighted by Crippen LogP contribution is 2.26. The van der Waals surface area contributed by atoms with Gasteiger partial charge in [-0.2, -0.15) is 0 Å². The molecule has 4 heteroatoms. The predicted octanol–water partition coefficient (Wildman–Crippen LogP) is 3.94. The van der Waals surface area contributed by atoms with Crippen molar-refractivity contribution in [2.24, 2.45) is 0 Å². The Labute approximate surface area is 123 Å². The maximum Gasteiger partial charge on any atom is 0.196 e. The molecule has 0 atom stereocenters. The van der Waals surface area contributed by atoms with Gasteiger partial charge in [0.2, 0.25) is 0 Å². The zero-order valence-corrected chi connectivity index (χ0v) is 12.0. The number of para-hydroxylation sites is 1. The Morgan fingerprint density at radius 2 is 1.95 bits per heavy atom. The van der Waals surface area contributed by atoms with E-state index in [1.807, 2.05) is 6.92 Å². The lowest BCUT2D eigenvalue weighted by atomic mass is 10.0. The maximum atomic E-state index is 12.4. The minimum atomic E-state index is -0.185. The van der Waals surface area contributed by atoms with Gasteiger partial charge in [0.25, 0.3) is 0 Å². The van der Waals surface area contributed by atoms with Crippen molar-refractivity contribution in [3.8, 4) is 5.75 Å². The zero-order valence-electron chi connectivity index (χ0n) is 11.2. The number of benzene rings is 2. The van der Waals surface area contributed by atoms with Crippen LogP contribution in [0.15, 0.2) is 42.5 Å². The van der Waals surface area contributed by atoms with E-state index >= 15 is 0 Å². The van der Waals surface area contributed by atoms with Gasteiger partial charge in [0.15, 0.2) is 5.78 Å². The van der Waals surface area contributed by atoms with Gasteiger partial charge in [-0.25, -0.2) is 0 Å². The van der Waals surface area contributed by atoms with Gasteiger partial charge in [0.05, 0.1) is 11.6 Å². The van der Waals surface area contributed by atoms with Gasteiger partial charge in [0.1, 0.15) is 5.75 Å². The van der Waals surface area contributed by atoms with E-state index in [-0.39, 0.29) is 5.78 Å². The first-order chi connectivity index (χ1) is 9.63. The predicted molar refractivity (Wildman–Crippen MR) is 81.5 cm³/mol. The van der Waals surface area contributed by atoms with Crippen LogP contribution >= 0.6 is 11.6 Å². The van der Waals surface area contributed by atoms with Crippen molar-refractivity contribution in [2.75, 3.05) is 12.3 Å². The molecule has 0 unspecified atom stereocenters. The Morgan fingerprint density at radius 1 is 1.20 bits per heavy atom. The normalized spacial score (nSPS) is 10.3. The quantitative estimate of drug-likeness (QED) is 0.670. The number of hydrogen-bond donors (Lipinski definition) is 1. The average Bonchev–Trinajstić information content (AvgIpc) is 2.45. The molecule has 3 nitrogen and oxygen atoms in total. The molecular formula is C16H16ClNO2. The number of anilines is 1. The zero-order chi connectivity index (χ0) is 14.5. The number of rotatable bonds is 5. The summed E-state index contributed by atoms with van der Waals surface area (Å²) in [5.41, 5.74) is 7.14. The number of hydrogen-bond acceptors (Lipinski definition) is 3. The Hall–Kier alpha value is -2.00. The van der Waals surface area contributed by atoms with Gasteiger partial charge in [-0.3, -0.25) is 4.79 Å². The fraction of sp³-hybridized carbons (Fsp3) is 0.188. The topological polar surface area (TPSA) is 52.3 Å². The molecule has 0 bridgehead atoms. The first kappa shape index (κ1) is 14.4. The molecule has 0 amide bonds. The first-order valence-corrected chi connectivity index (χ1v) is 6.83. The Kier molecular flexibility index (Phi) is 4.64. The molecule has 2 N–H and O–H groups in total. The van der Waals surface area contributed by atoms with Crippen LogP contribution in [0.25, 0.3) is 0 Å². The van der Waals surface area contributed by atoms with Gasteiger partial charge < -0.3 is 10.5 Å². The second kappa shape index (κ2) is 6.44. The highest BCUT2D eigenvalue weighted by atomic mass is 35.5. The molecule has 0 fully saturated rings. The molecule has 0 saturated heterocycles. The van der Waals surface area contributed by atoms with Crippen molar-refractivity contribution in [1.29, 1.82) is 0 Å². The Balaban J connectivity index is 2.29. The van der Waals surface area contributed by atoms with Gasteiger partial charge in [-0.15, -0.1) is 0 Å². The molecule has 20 heavy (non-hydrogen) atoms. The summed E-state index contributed by atoms with van der Waals surface area (Å²) in [5.74, 6) is 0.476. The third kappa shape index (κ3) is 3.11. The minimum absolute atomic E-state index is 0.185. The third-order valence-corrected chi connectivity index (χ3v) is 3.18. The lowest BCUT2D eigenvalue weighted by Crippen LogP contribution is -2.06. The fourth-order valence-corrected chi connectivity index (χ4v) is 2.09. The average molecular weight is 290 g/mol. The number of ether oxygens (including phenoxy) is 1. The van der Waals surface area contributed by atoms with Crippen LogP contribution in [-0.4, -0.2) is 12.4 Å². The summed E-state index contributed by atoms with van der Waals surface area (Å²) in [6.07, 6.45) is 0.916. The van der Waals surface area contributed by atoms with Gasteiger partial charge in [0, 0.05) is 16.8 Å². The van der Waals surface area contributed by atoms with Crippen LogP contribution in [0.4, 0.5) is 5.69 Å². The minimum Gasteiger partial charge on any atom is -0.494 e. The number of carbonyl (C=O) groups excluding carboxylic acids is 1. The SMILES string of the molecule is CCCOc1ccc(C(=O)c2ccccc2N)c(Cl)c1. The van der Waals surface area contributed by atoms with E-state index in [1.54, 1.807) is 42.5 Å². The molecule has 0 aromatic heterocycles. The van der Waals surface area contributed by atoms with Crippen LogP contribution in [0, 0.1) is 0 Å². The number of nitrogen functional groups attached to an aromatic ring is 1. The summed E-state index contributed by atoms with van der Waals surface area (Å²) in [4.78, 5) is 12.4. The summed E-state index contributed by atoms with van der Waals surface area (Å²) in [6.45, 7) is 2.65. The molecule has 104 valence electrons.